The maximum atomic E-state index is 11.6. The van der Waals surface area contributed by atoms with E-state index in [9.17, 15) is 4.79 Å². The summed E-state index contributed by atoms with van der Waals surface area (Å²) in [4.78, 5) is 15.5. The van der Waals surface area contributed by atoms with Crippen LogP contribution in [0.2, 0.25) is 0 Å². The van der Waals surface area contributed by atoms with Crippen molar-refractivity contribution < 1.29 is 4.79 Å². The van der Waals surface area contributed by atoms with Crippen LogP contribution in [0, 0.1) is 5.92 Å². The van der Waals surface area contributed by atoms with Gasteiger partial charge < -0.3 is 5.32 Å². The van der Waals surface area contributed by atoms with Gasteiger partial charge in [-0.05, 0) is 34.0 Å². The van der Waals surface area contributed by atoms with Crippen LogP contribution >= 0.6 is 31.9 Å². The first-order chi connectivity index (χ1) is 7.00. The van der Waals surface area contributed by atoms with Crippen LogP contribution in [0.5, 0.6) is 0 Å². The first-order valence-electron chi connectivity index (χ1n) is 4.57. The molecular formula is C10H12Br2N2O. The molecule has 5 heteroatoms. The van der Waals surface area contributed by atoms with Gasteiger partial charge in [0, 0.05) is 0 Å². The summed E-state index contributed by atoms with van der Waals surface area (Å²) in [6, 6.07) is 3.59. The summed E-state index contributed by atoms with van der Waals surface area (Å²) in [6.45, 7) is 3.97. The van der Waals surface area contributed by atoms with Crippen molar-refractivity contribution in [3.05, 3.63) is 22.9 Å². The summed E-state index contributed by atoms with van der Waals surface area (Å²) >= 11 is 6.57. The van der Waals surface area contributed by atoms with Crippen LogP contribution in [0.4, 0.5) is 5.69 Å². The van der Waals surface area contributed by atoms with Gasteiger partial charge in [0.1, 0.15) is 4.60 Å². The Bertz CT molecular complexity index is 338. The van der Waals surface area contributed by atoms with Crippen LogP contribution in [-0.2, 0) is 4.79 Å². The molecule has 82 valence electrons. The first kappa shape index (κ1) is 12.6. The van der Waals surface area contributed by atoms with E-state index in [1.165, 1.54) is 0 Å². The molecule has 0 radical (unpaired) electrons. The summed E-state index contributed by atoms with van der Waals surface area (Å²) in [5.41, 5.74) is 0.702. The highest BCUT2D eigenvalue weighted by molar-refractivity contribution is 9.10. The summed E-state index contributed by atoms with van der Waals surface area (Å²) in [5.74, 6) is 0.211. The molecule has 0 saturated carbocycles. The molecule has 3 nitrogen and oxygen atoms in total. The number of anilines is 1. The molecule has 1 heterocycles. The van der Waals surface area contributed by atoms with Gasteiger partial charge in [-0.25, -0.2) is 4.98 Å². The second kappa shape index (κ2) is 5.61. The predicted molar refractivity (Wildman–Crippen MR) is 68.1 cm³/mol. The molecule has 1 rings (SSSR count). The molecular weight excluding hydrogens is 324 g/mol. The van der Waals surface area contributed by atoms with E-state index in [-0.39, 0.29) is 16.7 Å². The van der Waals surface area contributed by atoms with Gasteiger partial charge in [0.25, 0.3) is 0 Å². The normalized spacial score (nSPS) is 12.6. The maximum absolute atomic E-state index is 11.6. The van der Waals surface area contributed by atoms with Crippen LogP contribution < -0.4 is 5.32 Å². The second-order valence-electron chi connectivity index (χ2n) is 3.50. The summed E-state index contributed by atoms with van der Waals surface area (Å²) < 4.78 is 0.750. The first-order valence-corrected chi connectivity index (χ1v) is 6.28. The number of nitrogens with one attached hydrogen (secondary N) is 1. The van der Waals surface area contributed by atoms with Crippen molar-refractivity contribution in [1.29, 1.82) is 0 Å². The van der Waals surface area contributed by atoms with Crippen molar-refractivity contribution >= 4 is 43.5 Å². The Balaban J connectivity index is 2.62. The number of amides is 1. The monoisotopic (exact) mass is 334 g/mol. The van der Waals surface area contributed by atoms with Crippen molar-refractivity contribution in [3.8, 4) is 0 Å². The molecule has 0 aliphatic heterocycles. The highest BCUT2D eigenvalue weighted by atomic mass is 79.9. The van der Waals surface area contributed by atoms with Crippen molar-refractivity contribution in [3.63, 3.8) is 0 Å². The van der Waals surface area contributed by atoms with E-state index in [0.29, 0.717) is 5.69 Å². The van der Waals surface area contributed by atoms with Gasteiger partial charge in [-0.3, -0.25) is 4.79 Å². The minimum atomic E-state index is -0.179. The SMILES string of the molecule is CC(C)C(Br)C(=O)Nc1ccc(Br)nc1. The minimum absolute atomic E-state index is 0.0471. The number of halogens is 2. The molecule has 1 aromatic heterocycles. The van der Waals surface area contributed by atoms with Gasteiger partial charge in [0.15, 0.2) is 0 Å². The molecule has 1 aromatic rings. The molecule has 1 atom stereocenters. The lowest BCUT2D eigenvalue weighted by Crippen LogP contribution is -2.26. The van der Waals surface area contributed by atoms with E-state index >= 15 is 0 Å². The zero-order chi connectivity index (χ0) is 11.4. The van der Waals surface area contributed by atoms with Gasteiger partial charge in [0.05, 0.1) is 16.7 Å². The standard InChI is InChI=1S/C10H12Br2N2O/c1-6(2)9(12)10(15)14-7-3-4-8(11)13-5-7/h3-6,9H,1-2H3,(H,14,15). The Morgan fingerprint density at radius 3 is 2.60 bits per heavy atom. The fourth-order valence-corrected chi connectivity index (χ4v) is 1.31. The summed E-state index contributed by atoms with van der Waals surface area (Å²) in [5, 5.41) is 2.78. The zero-order valence-electron chi connectivity index (χ0n) is 8.50. The number of carbonyl (C=O) groups is 1. The minimum Gasteiger partial charge on any atom is -0.324 e. The van der Waals surface area contributed by atoms with E-state index in [0.717, 1.165) is 4.60 Å². The third-order valence-electron chi connectivity index (χ3n) is 1.83. The largest absolute Gasteiger partial charge is 0.324 e. The molecule has 0 aliphatic carbocycles. The average Bonchev–Trinajstić information content (AvgIpc) is 2.20. The Labute approximate surface area is 106 Å². The molecule has 0 spiro atoms. The number of alkyl halides is 1. The number of rotatable bonds is 3. The molecule has 0 bridgehead atoms. The van der Waals surface area contributed by atoms with Crippen LogP contribution in [0.15, 0.2) is 22.9 Å². The van der Waals surface area contributed by atoms with E-state index in [1.54, 1.807) is 18.3 Å². The molecule has 1 unspecified atom stereocenters. The Kier molecular flexibility index (Phi) is 4.73. The van der Waals surface area contributed by atoms with E-state index in [4.69, 9.17) is 0 Å². The van der Waals surface area contributed by atoms with Gasteiger partial charge in [-0.15, -0.1) is 0 Å². The predicted octanol–water partition coefficient (Wildman–Crippen LogP) is 3.20. The van der Waals surface area contributed by atoms with E-state index in [1.807, 2.05) is 13.8 Å². The number of carbonyl (C=O) groups excluding carboxylic acids is 1. The van der Waals surface area contributed by atoms with Crippen LogP contribution in [-0.4, -0.2) is 15.7 Å². The average molecular weight is 336 g/mol. The van der Waals surface area contributed by atoms with Gasteiger partial charge >= 0.3 is 0 Å². The second-order valence-corrected chi connectivity index (χ2v) is 5.30. The lowest BCUT2D eigenvalue weighted by atomic mass is 10.1. The number of pyridine rings is 1. The van der Waals surface area contributed by atoms with Crippen LogP contribution in [0.25, 0.3) is 0 Å². The lowest BCUT2D eigenvalue weighted by Gasteiger charge is -2.13. The molecule has 1 N–H and O–H groups in total. The van der Waals surface area contributed by atoms with Crippen LogP contribution in [0.3, 0.4) is 0 Å². The Hall–Kier alpha value is -0.420. The van der Waals surface area contributed by atoms with Crippen molar-refractivity contribution in [2.24, 2.45) is 5.92 Å². The number of hydrogen-bond donors (Lipinski definition) is 1. The van der Waals surface area contributed by atoms with E-state index in [2.05, 4.69) is 42.2 Å². The third-order valence-corrected chi connectivity index (χ3v) is 3.77. The number of nitrogens with zero attached hydrogens (tertiary/aromatic N) is 1. The molecule has 0 aliphatic rings. The molecule has 0 fully saturated rings. The van der Waals surface area contributed by atoms with Gasteiger partial charge in [-0.1, -0.05) is 29.8 Å². The highest BCUT2D eigenvalue weighted by Crippen LogP contribution is 2.16. The van der Waals surface area contributed by atoms with Crippen molar-refractivity contribution in [2.75, 3.05) is 5.32 Å². The molecule has 0 saturated heterocycles. The third kappa shape index (κ3) is 3.91. The van der Waals surface area contributed by atoms with E-state index < -0.39 is 0 Å². The lowest BCUT2D eigenvalue weighted by molar-refractivity contribution is -0.116. The highest BCUT2D eigenvalue weighted by Gasteiger charge is 2.18. The van der Waals surface area contributed by atoms with Crippen molar-refractivity contribution in [2.45, 2.75) is 18.7 Å². The molecule has 0 aromatic carbocycles. The van der Waals surface area contributed by atoms with Crippen LogP contribution in [0.1, 0.15) is 13.8 Å². The molecule has 15 heavy (non-hydrogen) atoms. The zero-order valence-corrected chi connectivity index (χ0v) is 11.7. The quantitative estimate of drug-likeness (QED) is 0.680. The fraction of sp³-hybridized carbons (Fsp3) is 0.400. The Morgan fingerprint density at radius 2 is 2.13 bits per heavy atom. The number of hydrogen-bond acceptors (Lipinski definition) is 2. The van der Waals surface area contributed by atoms with Gasteiger partial charge in [0.2, 0.25) is 5.91 Å². The summed E-state index contributed by atoms with van der Waals surface area (Å²) in [7, 11) is 0. The molecule has 1 amide bonds. The van der Waals surface area contributed by atoms with Crippen molar-refractivity contribution in [1.82, 2.24) is 4.98 Å². The van der Waals surface area contributed by atoms with Gasteiger partial charge in [-0.2, -0.15) is 0 Å². The summed E-state index contributed by atoms with van der Waals surface area (Å²) in [6.07, 6.45) is 1.61. The maximum Gasteiger partial charge on any atom is 0.238 e. The topological polar surface area (TPSA) is 42.0 Å². The smallest absolute Gasteiger partial charge is 0.238 e. The number of aromatic nitrogens is 1. The Morgan fingerprint density at radius 1 is 1.47 bits per heavy atom. The fourth-order valence-electron chi connectivity index (χ4n) is 0.964.